The molecule has 0 aliphatic carbocycles. The van der Waals surface area contributed by atoms with Crippen LogP contribution < -0.4 is 10.6 Å². The zero-order valence-corrected chi connectivity index (χ0v) is 20.6. The number of hydrogen-bond acceptors (Lipinski definition) is 3. The van der Waals surface area contributed by atoms with Gasteiger partial charge in [-0.05, 0) is 55.1 Å². The molecule has 6 heteroatoms. The van der Waals surface area contributed by atoms with Gasteiger partial charge in [-0.2, -0.15) is 0 Å². The molecule has 0 spiro atoms. The van der Waals surface area contributed by atoms with Crippen LogP contribution in [0, 0.1) is 17.8 Å². The normalized spacial score (nSPS) is 23.2. The average molecular weight is 442 g/mol. The van der Waals surface area contributed by atoms with Gasteiger partial charge in [0, 0.05) is 52.7 Å². The van der Waals surface area contributed by atoms with Crippen molar-refractivity contribution >= 4 is 11.9 Å². The van der Waals surface area contributed by atoms with Crippen LogP contribution in [0.15, 0.2) is 29.3 Å². The van der Waals surface area contributed by atoms with E-state index in [1.165, 1.54) is 30.6 Å². The molecule has 0 bridgehead atoms. The second-order valence-corrected chi connectivity index (χ2v) is 9.93. The second-order valence-electron chi connectivity index (χ2n) is 9.93. The fraction of sp³-hybridized carbons (Fsp3) is 0.692. The molecule has 2 saturated heterocycles. The summed E-state index contributed by atoms with van der Waals surface area (Å²) < 4.78 is 0. The number of aliphatic imine (C=N–C) groups is 1. The van der Waals surface area contributed by atoms with Gasteiger partial charge in [0.25, 0.3) is 0 Å². The highest BCUT2D eigenvalue weighted by Crippen LogP contribution is 2.23. The number of benzene rings is 1. The molecule has 1 amide bonds. The Balaban J connectivity index is 1.52. The molecule has 2 unspecified atom stereocenters. The summed E-state index contributed by atoms with van der Waals surface area (Å²) in [6, 6.07) is 9.00. The highest BCUT2D eigenvalue weighted by molar-refractivity contribution is 5.80. The lowest BCUT2D eigenvalue weighted by Gasteiger charge is -2.35. The summed E-state index contributed by atoms with van der Waals surface area (Å²) >= 11 is 0. The molecular weight excluding hydrogens is 398 g/mol. The van der Waals surface area contributed by atoms with Gasteiger partial charge >= 0.3 is 0 Å². The minimum absolute atomic E-state index is 0.150. The Kier molecular flexibility index (Phi) is 9.39. The Morgan fingerprint density at radius 1 is 1.06 bits per heavy atom. The Bertz CT molecular complexity index is 729. The van der Waals surface area contributed by atoms with Crippen molar-refractivity contribution in [3.63, 3.8) is 0 Å². The monoisotopic (exact) mass is 441 g/mol. The van der Waals surface area contributed by atoms with E-state index in [4.69, 9.17) is 4.99 Å². The van der Waals surface area contributed by atoms with E-state index in [0.29, 0.717) is 18.9 Å². The minimum atomic E-state index is 0.150. The van der Waals surface area contributed by atoms with Crippen molar-refractivity contribution in [2.45, 2.75) is 59.5 Å². The molecule has 2 atom stereocenters. The minimum Gasteiger partial charge on any atom is -0.359 e. The summed E-state index contributed by atoms with van der Waals surface area (Å²) in [7, 11) is 1.72. The number of piperidine rings is 2. The number of carbonyl (C=O) groups is 1. The second kappa shape index (κ2) is 12.2. The lowest BCUT2D eigenvalue weighted by Crippen LogP contribution is -2.46. The van der Waals surface area contributed by atoms with Crippen molar-refractivity contribution in [2.75, 3.05) is 39.8 Å². The zero-order chi connectivity index (χ0) is 22.9. The summed E-state index contributed by atoms with van der Waals surface area (Å²) in [5.74, 6) is 3.21. The molecule has 2 heterocycles. The van der Waals surface area contributed by atoms with Gasteiger partial charge in [-0.25, -0.2) is 4.99 Å². The van der Waals surface area contributed by atoms with Crippen molar-refractivity contribution in [1.82, 2.24) is 20.4 Å². The number of nitrogens with one attached hydrogen (secondary N) is 2. The van der Waals surface area contributed by atoms with Gasteiger partial charge in [0.05, 0.1) is 6.54 Å². The van der Waals surface area contributed by atoms with Crippen LogP contribution in [-0.4, -0.2) is 61.4 Å². The fourth-order valence-electron chi connectivity index (χ4n) is 5.23. The maximum absolute atomic E-state index is 11.7. The molecule has 2 aliphatic heterocycles. The van der Waals surface area contributed by atoms with E-state index in [1.807, 2.05) is 0 Å². The third kappa shape index (κ3) is 7.51. The number of likely N-dealkylation sites (tertiary alicyclic amines) is 2. The van der Waals surface area contributed by atoms with Crippen LogP contribution in [0.2, 0.25) is 0 Å². The van der Waals surface area contributed by atoms with Gasteiger partial charge in [0.1, 0.15) is 0 Å². The van der Waals surface area contributed by atoms with E-state index in [-0.39, 0.29) is 5.91 Å². The summed E-state index contributed by atoms with van der Waals surface area (Å²) in [6.45, 7) is 13.8. The Morgan fingerprint density at radius 2 is 1.69 bits per heavy atom. The van der Waals surface area contributed by atoms with E-state index >= 15 is 0 Å². The van der Waals surface area contributed by atoms with E-state index < -0.39 is 0 Å². The first-order valence-electron chi connectivity index (χ1n) is 12.5. The number of amides is 1. The van der Waals surface area contributed by atoms with Gasteiger partial charge in [0.2, 0.25) is 5.91 Å². The van der Waals surface area contributed by atoms with Crippen LogP contribution in [0.25, 0.3) is 0 Å². The van der Waals surface area contributed by atoms with Crippen LogP contribution in [0.3, 0.4) is 0 Å². The Morgan fingerprint density at radius 3 is 2.28 bits per heavy atom. The van der Waals surface area contributed by atoms with Crippen LogP contribution in [0.5, 0.6) is 0 Å². The third-order valence-corrected chi connectivity index (χ3v) is 6.79. The quantitative estimate of drug-likeness (QED) is 0.502. The average Bonchev–Trinajstić information content (AvgIpc) is 2.77. The summed E-state index contributed by atoms with van der Waals surface area (Å²) in [5, 5.41) is 6.20. The molecule has 0 radical (unpaired) electrons. The molecule has 0 aromatic heterocycles. The number of guanidine groups is 1. The molecule has 0 saturated carbocycles. The predicted molar refractivity (Wildman–Crippen MR) is 132 cm³/mol. The lowest BCUT2D eigenvalue weighted by atomic mass is 9.91. The van der Waals surface area contributed by atoms with Gasteiger partial charge in [-0.1, -0.05) is 38.1 Å². The molecule has 3 rings (SSSR count). The van der Waals surface area contributed by atoms with Crippen molar-refractivity contribution in [3.8, 4) is 0 Å². The maximum Gasteiger partial charge on any atom is 0.220 e. The Labute approximate surface area is 194 Å². The van der Waals surface area contributed by atoms with Gasteiger partial charge in [-0.3, -0.25) is 9.69 Å². The van der Waals surface area contributed by atoms with Crippen molar-refractivity contribution in [3.05, 3.63) is 35.4 Å². The van der Waals surface area contributed by atoms with Crippen LogP contribution >= 0.6 is 0 Å². The highest BCUT2D eigenvalue weighted by atomic mass is 16.1. The molecule has 32 heavy (non-hydrogen) atoms. The van der Waals surface area contributed by atoms with Crippen molar-refractivity contribution in [2.24, 2.45) is 22.7 Å². The predicted octanol–water partition coefficient (Wildman–Crippen LogP) is 3.48. The Hall–Kier alpha value is -2.08. The standard InChI is InChI=1S/C26H43N5O/c1-5-28-26(31-12-10-22(11-13-31)15-25(32)27-4)29-16-23-6-8-24(9-7-23)19-30-17-20(2)14-21(3)18-30/h6-9,20-22H,5,10-19H2,1-4H3,(H,27,32)(H,28,29). The summed E-state index contributed by atoms with van der Waals surface area (Å²) in [5.41, 5.74) is 2.64. The first-order chi connectivity index (χ1) is 15.5. The van der Waals surface area contributed by atoms with Crippen LogP contribution in [0.1, 0.15) is 57.6 Å². The molecule has 178 valence electrons. The molecule has 1 aromatic rings. The number of hydrogen-bond donors (Lipinski definition) is 2. The van der Waals surface area contributed by atoms with Gasteiger partial charge < -0.3 is 15.5 Å². The van der Waals surface area contributed by atoms with Gasteiger partial charge in [-0.15, -0.1) is 0 Å². The van der Waals surface area contributed by atoms with E-state index in [1.54, 1.807) is 7.05 Å². The van der Waals surface area contributed by atoms with Crippen LogP contribution in [0.4, 0.5) is 0 Å². The first kappa shape index (κ1) is 24.6. The SMILES string of the molecule is CCNC(=NCc1ccc(CN2CC(C)CC(C)C2)cc1)N1CCC(CC(=O)NC)CC1. The smallest absolute Gasteiger partial charge is 0.220 e. The van der Waals surface area contributed by atoms with E-state index in [2.05, 4.69) is 65.5 Å². The topological polar surface area (TPSA) is 60.0 Å². The number of rotatable bonds is 7. The summed E-state index contributed by atoms with van der Waals surface area (Å²) in [4.78, 5) is 21.5. The number of carbonyl (C=O) groups excluding carboxylic acids is 1. The maximum atomic E-state index is 11.7. The molecule has 2 aliphatic rings. The molecule has 1 aromatic carbocycles. The largest absolute Gasteiger partial charge is 0.359 e. The fourth-order valence-corrected chi connectivity index (χ4v) is 5.23. The number of nitrogens with zero attached hydrogens (tertiary/aromatic N) is 3. The van der Waals surface area contributed by atoms with Crippen LogP contribution in [-0.2, 0) is 17.9 Å². The highest BCUT2D eigenvalue weighted by Gasteiger charge is 2.23. The first-order valence-corrected chi connectivity index (χ1v) is 12.5. The van der Waals surface area contributed by atoms with Gasteiger partial charge in [0.15, 0.2) is 5.96 Å². The summed E-state index contributed by atoms with van der Waals surface area (Å²) in [6.07, 6.45) is 4.08. The molecule has 6 nitrogen and oxygen atoms in total. The van der Waals surface area contributed by atoms with Crippen molar-refractivity contribution in [1.29, 1.82) is 0 Å². The third-order valence-electron chi connectivity index (χ3n) is 6.79. The molecule has 2 fully saturated rings. The zero-order valence-electron chi connectivity index (χ0n) is 20.6. The molecule has 2 N–H and O–H groups in total. The molecular formula is C26H43N5O. The van der Waals surface area contributed by atoms with E-state index in [9.17, 15) is 4.79 Å². The lowest BCUT2D eigenvalue weighted by molar-refractivity contribution is -0.121. The van der Waals surface area contributed by atoms with Crippen molar-refractivity contribution < 1.29 is 4.79 Å². The van der Waals surface area contributed by atoms with E-state index in [0.717, 1.165) is 56.8 Å².